The van der Waals surface area contributed by atoms with Crippen molar-refractivity contribution in [2.24, 2.45) is 4.99 Å². The van der Waals surface area contributed by atoms with Crippen LogP contribution in [0.5, 0.6) is 0 Å². The van der Waals surface area contributed by atoms with Crippen molar-refractivity contribution in [3.05, 3.63) is 58.3 Å². The quantitative estimate of drug-likeness (QED) is 0.314. The van der Waals surface area contributed by atoms with E-state index in [1.54, 1.807) is 30.3 Å². The fourth-order valence-electron chi connectivity index (χ4n) is 3.44. The number of nitrogens with one attached hydrogen (secondary N) is 2. The second-order valence-corrected chi connectivity index (χ2v) is 8.59. The van der Waals surface area contributed by atoms with Gasteiger partial charge in [-0.25, -0.2) is 4.99 Å². The molecule has 3 rings (SSSR count). The fraction of sp³-hybridized carbons (Fsp3) is 0.455. The van der Waals surface area contributed by atoms with E-state index in [2.05, 4.69) is 63.5 Å². The number of aliphatic imine (C=N–C) groups is 1. The van der Waals surface area contributed by atoms with Crippen molar-refractivity contribution in [2.75, 3.05) is 33.7 Å². The Morgan fingerprint density at radius 3 is 2.48 bits per heavy atom. The van der Waals surface area contributed by atoms with Crippen molar-refractivity contribution in [2.45, 2.75) is 31.1 Å². The van der Waals surface area contributed by atoms with Gasteiger partial charge in [0.25, 0.3) is 0 Å². The summed E-state index contributed by atoms with van der Waals surface area (Å²) < 4.78 is 0. The summed E-state index contributed by atoms with van der Waals surface area (Å²) in [5.74, 6) is 0.717. The van der Waals surface area contributed by atoms with E-state index in [1.165, 1.54) is 29.7 Å². The van der Waals surface area contributed by atoms with Gasteiger partial charge in [-0.15, -0.1) is 35.3 Å². The van der Waals surface area contributed by atoms with Gasteiger partial charge in [0, 0.05) is 37.5 Å². The maximum absolute atomic E-state index is 12.0. The summed E-state index contributed by atoms with van der Waals surface area (Å²) >= 11 is 1.76. The van der Waals surface area contributed by atoms with Crippen LogP contribution in [0.3, 0.4) is 0 Å². The standard InChI is InChI=1S/C22H30N4OS.HI/c1-26(2)20(27)16-24-21(23-14-11-19-10-6-15-28-19)25-17-22(12-7-13-22)18-8-4-3-5-9-18;/h3-6,8-10,15H,7,11-14,16-17H2,1-2H3,(H2,23,24,25);1H. The predicted molar refractivity (Wildman–Crippen MR) is 132 cm³/mol. The van der Waals surface area contributed by atoms with Crippen molar-refractivity contribution >= 4 is 47.2 Å². The van der Waals surface area contributed by atoms with E-state index in [-0.39, 0.29) is 41.8 Å². The summed E-state index contributed by atoms with van der Waals surface area (Å²) in [6.45, 7) is 1.78. The van der Waals surface area contributed by atoms with Gasteiger partial charge in [0.15, 0.2) is 5.96 Å². The molecular weight excluding hydrogens is 495 g/mol. The first-order valence-electron chi connectivity index (χ1n) is 9.89. The number of rotatable bonds is 8. The molecule has 2 aromatic rings. The minimum Gasteiger partial charge on any atom is -0.356 e. The Labute approximate surface area is 195 Å². The SMILES string of the molecule is CN(C)C(=O)CN=C(NCCc1cccs1)NCC1(c2ccccc2)CCC1.I. The lowest BCUT2D eigenvalue weighted by atomic mass is 9.64. The highest BCUT2D eigenvalue weighted by Gasteiger charge is 2.38. The summed E-state index contributed by atoms with van der Waals surface area (Å²) in [6, 6.07) is 14.9. The Morgan fingerprint density at radius 1 is 1.14 bits per heavy atom. The third-order valence-electron chi connectivity index (χ3n) is 5.41. The molecule has 0 atom stereocenters. The highest BCUT2D eigenvalue weighted by molar-refractivity contribution is 14.0. The molecule has 158 valence electrons. The second kappa shape index (κ2) is 11.5. The summed E-state index contributed by atoms with van der Waals surface area (Å²) in [7, 11) is 3.52. The van der Waals surface area contributed by atoms with Gasteiger partial charge in [0.2, 0.25) is 5.91 Å². The molecule has 0 saturated heterocycles. The van der Waals surface area contributed by atoms with E-state index in [0.29, 0.717) is 5.96 Å². The molecule has 0 unspecified atom stereocenters. The lowest BCUT2D eigenvalue weighted by molar-refractivity contribution is -0.127. The molecule has 1 saturated carbocycles. The first kappa shape index (κ1) is 23.7. The predicted octanol–water partition coefficient (Wildman–Crippen LogP) is 3.65. The van der Waals surface area contributed by atoms with E-state index in [0.717, 1.165) is 19.5 Å². The van der Waals surface area contributed by atoms with Crippen molar-refractivity contribution in [3.8, 4) is 0 Å². The van der Waals surface area contributed by atoms with Crippen LogP contribution in [-0.2, 0) is 16.6 Å². The zero-order valence-electron chi connectivity index (χ0n) is 17.2. The van der Waals surface area contributed by atoms with Crippen LogP contribution < -0.4 is 10.6 Å². The van der Waals surface area contributed by atoms with Gasteiger partial charge in [0.1, 0.15) is 6.54 Å². The molecule has 1 fully saturated rings. The molecule has 1 heterocycles. The first-order valence-corrected chi connectivity index (χ1v) is 10.8. The zero-order chi connectivity index (χ0) is 19.8. The molecule has 1 aliphatic carbocycles. The number of likely N-dealkylation sites (N-methyl/N-ethyl adjacent to an activating group) is 1. The van der Waals surface area contributed by atoms with Crippen molar-refractivity contribution in [1.29, 1.82) is 0 Å². The Balaban J connectivity index is 0.00000300. The van der Waals surface area contributed by atoms with Gasteiger partial charge in [-0.1, -0.05) is 42.8 Å². The number of hydrogen-bond acceptors (Lipinski definition) is 3. The molecule has 29 heavy (non-hydrogen) atoms. The van der Waals surface area contributed by atoms with Crippen LogP contribution in [0, 0.1) is 0 Å². The molecule has 0 aliphatic heterocycles. The number of halogens is 1. The van der Waals surface area contributed by atoms with Crippen LogP contribution in [0.1, 0.15) is 29.7 Å². The molecule has 0 spiro atoms. The molecule has 2 N–H and O–H groups in total. The number of benzene rings is 1. The van der Waals surface area contributed by atoms with Crippen LogP contribution >= 0.6 is 35.3 Å². The molecule has 7 heteroatoms. The lowest BCUT2D eigenvalue weighted by Gasteiger charge is -2.43. The van der Waals surface area contributed by atoms with E-state index < -0.39 is 0 Å². The third kappa shape index (κ3) is 6.70. The minimum atomic E-state index is 0. The summed E-state index contributed by atoms with van der Waals surface area (Å²) in [6.07, 6.45) is 4.57. The van der Waals surface area contributed by atoms with E-state index >= 15 is 0 Å². The zero-order valence-corrected chi connectivity index (χ0v) is 20.3. The Bertz CT molecular complexity index is 773. The highest BCUT2D eigenvalue weighted by Crippen LogP contribution is 2.43. The summed E-state index contributed by atoms with van der Waals surface area (Å²) in [5.41, 5.74) is 1.55. The number of amides is 1. The lowest BCUT2D eigenvalue weighted by Crippen LogP contribution is -2.49. The molecule has 5 nitrogen and oxygen atoms in total. The largest absolute Gasteiger partial charge is 0.356 e. The van der Waals surface area contributed by atoms with Gasteiger partial charge >= 0.3 is 0 Å². The van der Waals surface area contributed by atoms with Gasteiger partial charge in [-0.05, 0) is 36.3 Å². The fourth-order valence-corrected chi connectivity index (χ4v) is 4.15. The number of carbonyl (C=O) groups is 1. The van der Waals surface area contributed by atoms with Gasteiger partial charge < -0.3 is 15.5 Å². The van der Waals surface area contributed by atoms with Crippen LogP contribution in [-0.4, -0.2) is 50.5 Å². The summed E-state index contributed by atoms with van der Waals surface area (Å²) in [4.78, 5) is 19.4. The minimum absolute atomic E-state index is 0. The molecule has 1 amide bonds. The average molecular weight is 526 g/mol. The smallest absolute Gasteiger partial charge is 0.243 e. The highest BCUT2D eigenvalue weighted by atomic mass is 127. The van der Waals surface area contributed by atoms with E-state index in [4.69, 9.17) is 0 Å². The van der Waals surface area contributed by atoms with Crippen LogP contribution in [0.2, 0.25) is 0 Å². The maximum atomic E-state index is 12.0. The molecule has 0 radical (unpaired) electrons. The first-order chi connectivity index (χ1) is 13.6. The Morgan fingerprint density at radius 2 is 1.90 bits per heavy atom. The molecule has 1 aromatic carbocycles. The maximum Gasteiger partial charge on any atom is 0.243 e. The third-order valence-corrected chi connectivity index (χ3v) is 6.34. The normalized spacial score (nSPS) is 15.0. The van der Waals surface area contributed by atoms with Crippen LogP contribution in [0.25, 0.3) is 0 Å². The number of guanidine groups is 1. The van der Waals surface area contributed by atoms with E-state index in [1.807, 2.05) is 0 Å². The average Bonchev–Trinajstić information content (AvgIpc) is 3.18. The monoisotopic (exact) mass is 526 g/mol. The molecule has 1 aliphatic rings. The second-order valence-electron chi connectivity index (χ2n) is 7.56. The van der Waals surface area contributed by atoms with Crippen LogP contribution in [0.15, 0.2) is 52.8 Å². The Kier molecular flexibility index (Phi) is 9.42. The molecule has 1 aromatic heterocycles. The van der Waals surface area contributed by atoms with Gasteiger partial charge in [-0.2, -0.15) is 0 Å². The van der Waals surface area contributed by atoms with Crippen molar-refractivity contribution in [1.82, 2.24) is 15.5 Å². The summed E-state index contributed by atoms with van der Waals surface area (Å²) in [5, 5.41) is 9.00. The number of carbonyl (C=O) groups excluding carboxylic acids is 1. The number of nitrogens with zero attached hydrogens (tertiary/aromatic N) is 2. The molecule has 0 bridgehead atoms. The van der Waals surface area contributed by atoms with Crippen molar-refractivity contribution < 1.29 is 4.79 Å². The number of thiophene rings is 1. The Hall–Kier alpha value is -1.61. The number of hydrogen-bond donors (Lipinski definition) is 2. The van der Waals surface area contributed by atoms with Crippen LogP contribution in [0.4, 0.5) is 0 Å². The van der Waals surface area contributed by atoms with E-state index in [9.17, 15) is 4.79 Å². The molecular formula is C22H31IN4OS. The van der Waals surface area contributed by atoms with Crippen molar-refractivity contribution in [3.63, 3.8) is 0 Å². The topological polar surface area (TPSA) is 56.7 Å². The van der Waals surface area contributed by atoms with Gasteiger partial charge in [-0.3, -0.25) is 4.79 Å². The van der Waals surface area contributed by atoms with Gasteiger partial charge in [0.05, 0.1) is 0 Å².